The Morgan fingerprint density at radius 2 is 2.00 bits per heavy atom. The van der Waals surface area contributed by atoms with Gasteiger partial charge >= 0.3 is 0 Å². The third kappa shape index (κ3) is 3.56. The monoisotopic (exact) mass is 248 g/mol. The molecule has 1 aromatic carbocycles. The minimum atomic E-state index is 0. The SMILES string of the molecule is CC[C@@H](N)c1ccc(N(C)C)cc1Cl.Cl. The summed E-state index contributed by atoms with van der Waals surface area (Å²) in [6.45, 7) is 2.06. The van der Waals surface area contributed by atoms with Crippen molar-refractivity contribution >= 4 is 29.7 Å². The predicted octanol–water partition coefficient (Wildman–Crippen LogP) is 3.24. The Hall–Kier alpha value is -0.440. The van der Waals surface area contributed by atoms with Crippen LogP contribution in [0.5, 0.6) is 0 Å². The van der Waals surface area contributed by atoms with Crippen molar-refractivity contribution in [3.8, 4) is 0 Å². The zero-order chi connectivity index (χ0) is 10.7. The van der Waals surface area contributed by atoms with E-state index in [9.17, 15) is 0 Å². The third-order valence-corrected chi connectivity index (χ3v) is 2.67. The lowest BCUT2D eigenvalue weighted by Crippen LogP contribution is -2.11. The van der Waals surface area contributed by atoms with E-state index >= 15 is 0 Å². The maximum absolute atomic E-state index is 6.14. The molecule has 0 aromatic heterocycles. The first-order valence-corrected chi connectivity index (χ1v) is 5.16. The molecule has 4 heteroatoms. The van der Waals surface area contributed by atoms with Gasteiger partial charge in [0.25, 0.3) is 0 Å². The van der Waals surface area contributed by atoms with Crippen LogP contribution < -0.4 is 10.6 Å². The van der Waals surface area contributed by atoms with Crippen LogP contribution in [0.3, 0.4) is 0 Å². The van der Waals surface area contributed by atoms with Crippen molar-refractivity contribution in [1.82, 2.24) is 0 Å². The fourth-order valence-corrected chi connectivity index (χ4v) is 1.63. The average molecular weight is 249 g/mol. The molecule has 0 bridgehead atoms. The fourth-order valence-electron chi connectivity index (χ4n) is 1.31. The van der Waals surface area contributed by atoms with Crippen LogP contribution in [0.15, 0.2) is 18.2 Å². The average Bonchev–Trinajstić information content (AvgIpc) is 2.16. The Morgan fingerprint density at radius 1 is 1.40 bits per heavy atom. The number of nitrogens with two attached hydrogens (primary N) is 1. The summed E-state index contributed by atoms with van der Waals surface area (Å²) in [5.74, 6) is 0. The summed E-state index contributed by atoms with van der Waals surface area (Å²) in [7, 11) is 3.98. The third-order valence-electron chi connectivity index (χ3n) is 2.34. The van der Waals surface area contributed by atoms with Gasteiger partial charge in [0.15, 0.2) is 0 Å². The number of hydrogen-bond acceptors (Lipinski definition) is 2. The Morgan fingerprint density at radius 3 is 2.40 bits per heavy atom. The standard InChI is InChI=1S/C11H17ClN2.ClH/c1-4-11(13)9-6-5-8(14(2)3)7-10(9)12;/h5-7,11H,4,13H2,1-3H3;1H/t11-;/m1./s1. The fraction of sp³-hybridized carbons (Fsp3) is 0.455. The molecule has 86 valence electrons. The van der Waals surface area contributed by atoms with Gasteiger partial charge in [-0.15, -0.1) is 12.4 Å². The van der Waals surface area contributed by atoms with Crippen molar-refractivity contribution in [2.24, 2.45) is 5.73 Å². The minimum Gasteiger partial charge on any atom is -0.378 e. The maximum atomic E-state index is 6.14. The molecule has 0 heterocycles. The highest BCUT2D eigenvalue weighted by Crippen LogP contribution is 2.27. The molecule has 1 atom stereocenters. The molecule has 2 N–H and O–H groups in total. The highest BCUT2D eigenvalue weighted by Gasteiger charge is 2.08. The Balaban J connectivity index is 0.00000196. The topological polar surface area (TPSA) is 29.3 Å². The van der Waals surface area contributed by atoms with Crippen LogP contribution in [0.4, 0.5) is 5.69 Å². The van der Waals surface area contributed by atoms with Crippen LogP contribution in [-0.2, 0) is 0 Å². The smallest absolute Gasteiger partial charge is 0.0474 e. The molecule has 2 nitrogen and oxygen atoms in total. The highest BCUT2D eigenvalue weighted by molar-refractivity contribution is 6.31. The van der Waals surface area contributed by atoms with E-state index in [0.29, 0.717) is 0 Å². The molecule has 0 unspecified atom stereocenters. The van der Waals surface area contributed by atoms with E-state index in [4.69, 9.17) is 17.3 Å². The molecule has 0 saturated heterocycles. The van der Waals surface area contributed by atoms with Crippen LogP contribution in [0, 0.1) is 0 Å². The summed E-state index contributed by atoms with van der Waals surface area (Å²) in [5, 5.41) is 0.755. The number of anilines is 1. The zero-order valence-corrected chi connectivity index (χ0v) is 10.9. The summed E-state index contributed by atoms with van der Waals surface area (Å²) >= 11 is 6.14. The van der Waals surface area contributed by atoms with E-state index < -0.39 is 0 Å². The molecule has 0 spiro atoms. The lowest BCUT2D eigenvalue weighted by Gasteiger charge is -2.16. The number of halogens is 2. The Labute approximate surface area is 103 Å². The van der Waals surface area contributed by atoms with Gasteiger partial charge < -0.3 is 10.6 Å². The number of rotatable bonds is 3. The molecule has 1 rings (SSSR count). The first kappa shape index (κ1) is 14.6. The van der Waals surface area contributed by atoms with Crippen LogP contribution in [0.25, 0.3) is 0 Å². The van der Waals surface area contributed by atoms with Crippen molar-refractivity contribution in [3.63, 3.8) is 0 Å². The zero-order valence-electron chi connectivity index (χ0n) is 9.33. The molecule has 0 aliphatic carbocycles. The molecule has 0 amide bonds. The van der Waals surface area contributed by atoms with Crippen LogP contribution in [-0.4, -0.2) is 14.1 Å². The lowest BCUT2D eigenvalue weighted by molar-refractivity contribution is 0.699. The lowest BCUT2D eigenvalue weighted by atomic mass is 10.1. The molecule has 0 aliphatic rings. The summed E-state index contributed by atoms with van der Waals surface area (Å²) in [4.78, 5) is 2.02. The van der Waals surface area contributed by atoms with Crippen LogP contribution in [0.1, 0.15) is 24.9 Å². The first-order valence-electron chi connectivity index (χ1n) is 4.78. The normalized spacial score (nSPS) is 11.8. The van der Waals surface area contributed by atoms with Gasteiger partial charge in [0, 0.05) is 30.8 Å². The van der Waals surface area contributed by atoms with E-state index in [1.54, 1.807) is 0 Å². The van der Waals surface area contributed by atoms with Gasteiger partial charge in [-0.25, -0.2) is 0 Å². The molecule has 0 fully saturated rings. The van der Waals surface area contributed by atoms with Gasteiger partial charge in [0.05, 0.1) is 0 Å². The molecule has 0 aliphatic heterocycles. The van der Waals surface area contributed by atoms with Gasteiger partial charge in [0.1, 0.15) is 0 Å². The largest absolute Gasteiger partial charge is 0.378 e. The molecular formula is C11H18Cl2N2. The molecule has 0 radical (unpaired) electrons. The number of benzene rings is 1. The van der Waals surface area contributed by atoms with Crippen molar-refractivity contribution in [3.05, 3.63) is 28.8 Å². The summed E-state index contributed by atoms with van der Waals surface area (Å²) in [5.41, 5.74) is 8.05. The van der Waals surface area contributed by atoms with Crippen molar-refractivity contribution < 1.29 is 0 Å². The second-order valence-corrected chi connectivity index (χ2v) is 4.02. The van der Waals surface area contributed by atoms with Crippen molar-refractivity contribution in [1.29, 1.82) is 0 Å². The van der Waals surface area contributed by atoms with Gasteiger partial charge in [-0.3, -0.25) is 0 Å². The van der Waals surface area contributed by atoms with E-state index in [-0.39, 0.29) is 18.4 Å². The van der Waals surface area contributed by atoms with Gasteiger partial charge in [-0.1, -0.05) is 24.6 Å². The Bertz CT molecular complexity index is 313. The summed E-state index contributed by atoms with van der Waals surface area (Å²) < 4.78 is 0. The van der Waals surface area contributed by atoms with Crippen LogP contribution in [0.2, 0.25) is 5.02 Å². The number of nitrogens with zero attached hydrogens (tertiary/aromatic N) is 1. The second-order valence-electron chi connectivity index (χ2n) is 3.61. The molecular weight excluding hydrogens is 231 g/mol. The quantitative estimate of drug-likeness (QED) is 0.891. The summed E-state index contributed by atoms with van der Waals surface area (Å²) in [6.07, 6.45) is 0.904. The van der Waals surface area contributed by atoms with E-state index in [1.807, 2.05) is 37.2 Å². The second kappa shape index (κ2) is 6.21. The van der Waals surface area contributed by atoms with Gasteiger partial charge in [-0.2, -0.15) is 0 Å². The van der Waals surface area contributed by atoms with Crippen molar-refractivity contribution in [2.45, 2.75) is 19.4 Å². The van der Waals surface area contributed by atoms with Crippen LogP contribution >= 0.6 is 24.0 Å². The van der Waals surface area contributed by atoms with Crippen molar-refractivity contribution in [2.75, 3.05) is 19.0 Å². The predicted molar refractivity (Wildman–Crippen MR) is 70.2 cm³/mol. The Kier molecular flexibility index (Phi) is 6.03. The molecule has 1 aromatic rings. The first-order chi connectivity index (χ1) is 6.56. The van der Waals surface area contributed by atoms with E-state index in [1.165, 1.54) is 0 Å². The highest BCUT2D eigenvalue weighted by atomic mass is 35.5. The maximum Gasteiger partial charge on any atom is 0.0474 e. The van der Waals surface area contributed by atoms with Gasteiger partial charge in [-0.05, 0) is 24.1 Å². The van der Waals surface area contributed by atoms with E-state index in [2.05, 4.69) is 6.92 Å². The minimum absolute atomic E-state index is 0. The number of hydrogen-bond donors (Lipinski definition) is 1. The summed E-state index contributed by atoms with van der Waals surface area (Å²) in [6, 6.07) is 6.04. The van der Waals surface area contributed by atoms with E-state index in [0.717, 1.165) is 22.7 Å². The molecule has 15 heavy (non-hydrogen) atoms. The van der Waals surface area contributed by atoms with Gasteiger partial charge in [0.2, 0.25) is 0 Å². The molecule has 0 saturated carbocycles.